The Balaban J connectivity index is 3.08. The van der Waals surface area contributed by atoms with Gasteiger partial charge in [0.25, 0.3) is 0 Å². The molecule has 0 unspecified atom stereocenters. The van der Waals surface area contributed by atoms with Gasteiger partial charge in [0.2, 0.25) is 0 Å². The van der Waals surface area contributed by atoms with Crippen LogP contribution in [0.1, 0.15) is 0 Å². The fourth-order valence-electron chi connectivity index (χ4n) is 0.810. The van der Waals surface area contributed by atoms with Crippen LogP contribution < -0.4 is 4.74 Å². The number of alkyl halides is 3. The number of nitroso groups, excluding NO2 is 1. The van der Waals surface area contributed by atoms with Crippen molar-refractivity contribution in [3.05, 3.63) is 23.1 Å². The molecule has 0 saturated heterocycles. The van der Waals surface area contributed by atoms with Gasteiger partial charge in [0.1, 0.15) is 5.75 Å². The highest BCUT2D eigenvalue weighted by molar-refractivity contribution is 5.61. The molecule has 1 N–H and O–H groups in total. The van der Waals surface area contributed by atoms with E-state index in [0.717, 1.165) is 18.2 Å². The Morgan fingerprint density at radius 1 is 1.36 bits per heavy atom. The number of hydrogen-bond acceptors (Lipinski definition) is 4. The topological polar surface area (TPSA) is 58.9 Å². The van der Waals surface area contributed by atoms with Crippen LogP contribution in [-0.4, -0.2) is 11.5 Å². The molecule has 0 radical (unpaired) electrons. The minimum Gasteiger partial charge on any atom is -0.505 e. The van der Waals surface area contributed by atoms with Crippen molar-refractivity contribution in [1.82, 2.24) is 0 Å². The summed E-state index contributed by atoms with van der Waals surface area (Å²) in [7, 11) is 0. The molecule has 7 heteroatoms. The van der Waals surface area contributed by atoms with Crippen LogP contribution in [0.4, 0.5) is 18.9 Å². The molecule has 0 saturated carbocycles. The zero-order valence-corrected chi connectivity index (χ0v) is 6.58. The van der Waals surface area contributed by atoms with Crippen molar-refractivity contribution in [2.45, 2.75) is 6.36 Å². The van der Waals surface area contributed by atoms with E-state index in [4.69, 9.17) is 5.11 Å². The predicted molar refractivity (Wildman–Crippen MR) is 40.2 cm³/mol. The average molecular weight is 207 g/mol. The van der Waals surface area contributed by atoms with E-state index in [2.05, 4.69) is 9.91 Å². The first kappa shape index (κ1) is 10.3. The summed E-state index contributed by atoms with van der Waals surface area (Å²) in [6.45, 7) is 0. The van der Waals surface area contributed by atoms with E-state index in [1.165, 1.54) is 0 Å². The molecule has 0 aromatic heterocycles. The standard InChI is InChI=1S/C7H4F3NO3/c8-7(9,10)14-5-3-1-2-4(12)6(5)11-13/h1-3,12H. The van der Waals surface area contributed by atoms with Crippen molar-refractivity contribution in [2.75, 3.05) is 0 Å². The highest BCUT2D eigenvalue weighted by Crippen LogP contribution is 2.38. The molecule has 0 fully saturated rings. The first-order valence-electron chi connectivity index (χ1n) is 3.35. The lowest BCUT2D eigenvalue weighted by Crippen LogP contribution is -2.17. The molecular formula is C7H4F3NO3. The quantitative estimate of drug-likeness (QED) is 0.758. The van der Waals surface area contributed by atoms with E-state index in [1.807, 2.05) is 0 Å². The number of rotatable bonds is 2. The second-order valence-corrected chi connectivity index (χ2v) is 2.26. The molecule has 14 heavy (non-hydrogen) atoms. The first-order chi connectivity index (χ1) is 6.44. The second-order valence-electron chi connectivity index (χ2n) is 2.26. The molecule has 76 valence electrons. The summed E-state index contributed by atoms with van der Waals surface area (Å²) in [5.74, 6) is -1.49. The van der Waals surface area contributed by atoms with Gasteiger partial charge in [-0.2, -0.15) is 0 Å². The van der Waals surface area contributed by atoms with Gasteiger partial charge in [0.15, 0.2) is 11.4 Å². The molecule has 0 heterocycles. The van der Waals surface area contributed by atoms with Gasteiger partial charge < -0.3 is 9.84 Å². The molecule has 0 aliphatic carbocycles. The minimum absolute atomic E-state index is 0.665. The van der Waals surface area contributed by atoms with E-state index < -0.39 is 23.5 Å². The smallest absolute Gasteiger partial charge is 0.505 e. The van der Waals surface area contributed by atoms with E-state index >= 15 is 0 Å². The van der Waals surface area contributed by atoms with Gasteiger partial charge in [0, 0.05) is 0 Å². The Hall–Kier alpha value is -1.79. The lowest BCUT2D eigenvalue weighted by molar-refractivity contribution is -0.274. The Kier molecular flexibility index (Phi) is 2.59. The van der Waals surface area contributed by atoms with Gasteiger partial charge in [0.05, 0.1) is 0 Å². The summed E-state index contributed by atoms with van der Waals surface area (Å²) in [5.41, 5.74) is -0.773. The molecule has 0 spiro atoms. The van der Waals surface area contributed by atoms with E-state index in [0.29, 0.717) is 0 Å². The van der Waals surface area contributed by atoms with E-state index in [9.17, 15) is 18.1 Å². The van der Waals surface area contributed by atoms with Crippen LogP contribution in [0.2, 0.25) is 0 Å². The fraction of sp³-hybridized carbons (Fsp3) is 0.143. The van der Waals surface area contributed by atoms with Crippen molar-refractivity contribution >= 4 is 5.69 Å². The molecule has 1 aromatic carbocycles. The monoisotopic (exact) mass is 207 g/mol. The number of benzene rings is 1. The first-order valence-corrected chi connectivity index (χ1v) is 3.35. The van der Waals surface area contributed by atoms with Crippen molar-refractivity contribution in [3.8, 4) is 11.5 Å². The van der Waals surface area contributed by atoms with Crippen molar-refractivity contribution in [1.29, 1.82) is 0 Å². The third-order valence-corrected chi connectivity index (χ3v) is 1.29. The average Bonchev–Trinajstić information content (AvgIpc) is 2.01. The lowest BCUT2D eigenvalue weighted by atomic mass is 10.3. The highest BCUT2D eigenvalue weighted by atomic mass is 19.4. The number of hydrogen-bond donors (Lipinski definition) is 1. The van der Waals surface area contributed by atoms with Crippen LogP contribution in [0.3, 0.4) is 0 Å². The Morgan fingerprint density at radius 3 is 2.50 bits per heavy atom. The third kappa shape index (κ3) is 2.35. The van der Waals surface area contributed by atoms with Gasteiger partial charge >= 0.3 is 6.36 Å². The van der Waals surface area contributed by atoms with Gasteiger partial charge in [-0.15, -0.1) is 18.1 Å². The third-order valence-electron chi connectivity index (χ3n) is 1.29. The molecule has 0 aliphatic heterocycles. The van der Waals surface area contributed by atoms with Gasteiger partial charge in [-0.1, -0.05) is 6.07 Å². The van der Waals surface area contributed by atoms with E-state index in [-0.39, 0.29) is 0 Å². The summed E-state index contributed by atoms with van der Waals surface area (Å²) in [5, 5.41) is 11.2. The maximum absolute atomic E-state index is 11.7. The van der Waals surface area contributed by atoms with Crippen LogP contribution in [0.15, 0.2) is 23.4 Å². The Bertz CT molecular complexity index is 351. The normalized spacial score (nSPS) is 11.1. The van der Waals surface area contributed by atoms with Crippen molar-refractivity contribution in [3.63, 3.8) is 0 Å². The second kappa shape index (κ2) is 3.52. The Labute approximate surface area is 75.9 Å². The van der Waals surface area contributed by atoms with E-state index in [1.54, 1.807) is 0 Å². The number of phenols is 1. The number of ether oxygens (including phenoxy) is 1. The summed E-state index contributed by atoms with van der Waals surface area (Å²) >= 11 is 0. The molecule has 0 bridgehead atoms. The zero-order valence-electron chi connectivity index (χ0n) is 6.58. The number of phenolic OH excluding ortho intramolecular Hbond substituents is 1. The van der Waals surface area contributed by atoms with Crippen molar-refractivity contribution in [2.24, 2.45) is 5.18 Å². The van der Waals surface area contributed by atoms with Crippen LogP contribution in [0.25, 0.3) is 0 Å². The van der Waals surface area contributed by atoms with Crippen molar-refractivity contribution < 1.29 is 23.0 Å². The largest absolute Gasteiger partial charge is 0.573 e. The van der Waals surface area contributed by atoms with Gasteiger partial charge in [-0.3, -0.25) is 0 Å². The molecular weight excluding hydrogens is 203 g/mol. The number of aromatic hydroxyl groups is 1. The molecule has 4 nitrogen and oxygen atoms in total. The van der Waals surface area contributed by atoms with Crippen LogP contribution in [0, 0.1) is 4.91 Å². The molecule has 0 amide bonds. The lowest BCUT2D eigenvalue weighted by Gasteiger charge is -2.09. The number of halogens is 3. The van der Waals surface area contributed by atoms with Crippen LogP contribution in [-0.2, 0) is 0 Å². The summed E-state index contributed by atoms with van der Waals surface area (Å²) in [4.78, 5) is 10.1. The maximum Gasteiger partial charge on any atom is 0.573 e. The Morgan fingerprint density at radius 2 is 2.00 bits per heavy atom. The summed E-state index contributed by atoms with van der Waals surface area (Å²) < 4.78 is 38.7. The highest BCUT2D eigenvalue weighted by Gasteiger charge is 2.32. The van der Waals surface area contributed by atoms with Crippen LogP contribution in [0.5, 0.6) is 11.5 Å². The molecule has 1 rings (SSSR count). The molecule has 0 aliphatic rings. The molecule has 0 atom stereocenters. The zero-order chi connectivity index (χ0) is 10.8. The minimum atomic E-state index is -4.92. The summed E-state index contributed by atoms with van der Waals surface area (Å²) in [6, 6.07) is 3.01. The molecule has 1 aromatic rings. The maximum atomic E-state index is 11.7. The van der Waals surface area contributed by atoms with Gasteiger partial charge in [-0.25, -0.2) is 0 Å². The number of nitrogens with zero attached hydrogens (tertiary/aromatic N) is 1. The predicted octanol–water partition coefficient (Wildman–Crippen LogP) is 2.69. The van der Waals surface area contributed by atoms with Crippen LogP contribution >= 0.6 is 0 Å². The SMILES string of the molecule is O=Nc1c(O)cccc1OC(F)(F)F. The fourth-order valence-corrected chi connectivity index (χ4v) is 0.810. The summed E-state index contributed by atoms with van der Waals surface area (Å²) in [6.07, 6.45) is -4.92. The van der Waals surface area contributed by atoms with Gasteiger partial charge in [-0.05, 0) is 17.3 Å².